The molecule has 3 atom stereocenters. The average Bonchev–Trinajstić information content (AvgIpc) is 3.13. The van der Waals surface area contributed by atoms with Crippen LogP contribution in [0.3, 0.4) is 0 Å². The van der Waals surface area contributed by atoms with Gasteiger partial charge in [0.15, 0.2) is 0 Å². The molecule has 6 rings (SSSR count). The summed E-state index contributed by atoms with van der Waals surface area (Å²) in [5, 5.41) is 13.8. The normalized spacial score (nSPS) is 26.8. The lowest BCUT2D eigenvalue weighted by Crippen LogP contribution is -2.60. The van der Waals surface area contributed by atoms with E-state index in [1.807, 2.05) is 12.1 Å². The van der Waals surface area contributed by atoms with Crippen molar-refractivity contribution in [3.8, 4) is 5.75 Å². The second-order valence-corrected chi connectivity index (χ2v) is 8.79. The number of benzene rings is 3. The van der Waals surface area contributed by atoms with Crippen LogP contribution in [-0.4, -0.2) is 10.8 Å². The van der Waals surface area contributed by atoms with Gasteiger partial charge in [0.25, 0.3) is 0 Å². The van der Waals surface area contributed by atoms with Gasteiger partial charge in [0, 0.05) is 17.5 Å². The molecule has 0 aromatic heterocycles. The number of phenolic OH excluding ortho intramolecular Hbond substituents is 1. The molecule has 1 fully saturated rings. The fourth-order valence-electron chi connectivity index (χ4n) is 5.94. The zero-order valence-corrected chi connectivity index (χ0v) is 17.0. The summed E-state index contributed by atoms with van der Waals surface area (Å²) in [6.45, 7) is 0. The maximum absolute atomic E-state index is 9.85. The molecule has 0 saturated heterocycles. The number of phenols is 1. The number of nitrogens with one attached hydrogen (secondary N) is 1. The maximum Gasteiger partial charge on any atom is 0.119 e. The average molecular weight is 395 g/mol. The van der Waals surface area contributed by atoms with Crippen molar-refractivity contribution in [1.82, 2.24) is 0 Å². The van der Waals surface area contributed by atoms with Gasteiger partial charge < -0.3 is 15.3 Å². The van der Waals surface area contributed by atoms with Gasteiger partial charge in [-0.1, -0.05) is 67.1 Å². The van der Waals surface area contributed by atoms with Crippen LogP contribution in [0.25, 0.3) is 5.70 Å². The molecule has 3 aliphatic rings. The third kappa shape index (κ3) is 2.51. The first kappa shape index (κ1) is 17.6. The molecule has 3 nitrogen and oxygen atoms in total. The Kier molecular flexibility index (Phi) is 3.92. The van der Waals surface area contributed by atoms with E-state index in [1.54, 1.807) is 0 Å². The first-order chi connectivity index (χ1) is 14.8. The Labute approximate surface area is 177 Å². The number of hydrogen-bond acceptors (Lipinski definition) is 3. The van der Waals surface area contributed by atoms with Gasteiger partial charge in [-0.3, -0.25) is 0 Å². The Morgan fingerprint density at radius 3 is 2.47 bits per heavy atom. The van der Waals surface area contributed by atoms with E-state index in [-0.39, 0.29) is 5.66 Å². The predicted octanol–water partition coefficient (Wildman–Crippen LogP) is 6.35. The molecule has 1 aliphatic carbocycles. The summed E-state index contributed by atoms with van der Waals surface area (Å²) in [6, 6.07) is 27.4. The van der Waals surface area contributed by atoms with Crippen molar-refractivity contribution in [2.75, 3.05) is 10.2 Å². The fourth-order valence-corrected chi connectivity index (χ4v) is 5.94. The lowest BCUT2D eigenvalue weighted by molar-refractivity contribution is 0.198. The Balaban J connectivity index is 1.59. The highest BCUT2D eigenvalue weighted by atomic mass is 16.3. The molecule has 2 N–H and O–H groups in total. The summed E-state index contributed by atoms with van der Waals surface area (Å²) in [5.74, 6) is 1.10. The van der Waals surface area contributed by atoms with E-state index >= 15 is 0 Å². The van der Waals surface area contributed by atoms with Gasteiger partial charge >= 0.3 is 0 Å². The number of rotatable bonds is 2. The summed E-state index contributed by atoms with van der Waals surface area (Å²) in [6.07, 6.45) is 7.30. The highest BCUT2D eigenvalue weighted by Crippen LogP contribution is 2.58. The minimum absolute atomic E-state index is 0.107. The lowest BCUT2D eigenvalue weighted by Gasteiger charge is -2.54. The first-order valence-electron chi connectivity index (χ1n) is 11.0. The Hall–Kier alpha value is -3.20. The Morgan fingerprint density at radius 1 is 0.867 bits per heavy atom. The van der Waals surface area contributed by atoms with Gasteiger partial charge in [0.1, 0.15) is 11.4 Å². The van der Waals surface area contributed by atoms with Gasteiger partial charge in [-0.25, -0.2) is 0 Å². The summed E-state index contributed by atoms with van der Waals surface area (Å²) in [4.78, 5) is 2.60. The minimum atomic E-state index is -0.107. The second-order valence-electron chi connectivity index (χ2n) is 8.79. The van der Waals surface area contributed by atoms with E-state index < -0.39 is 0 Å². The summed E-state index contributed by atoms with van der Waals surface area (Å²) in [5.41, 5.74) is 6.23. The molecule has 3 aromatic carbocycles. The molecule has 1 spiro atoms. The highest BCUT2D eigenvalue weighted by molar-refractivity contribution is 5.93. The lowest BCUT2D eigenvalue weighted by atomic mass is 9.66. The van der Waals surface area contributed by atoms with Gasteiger partial charge in [-0.15, -0.1) is 0 Å². The van der Waals surface area contributed by atoms with Crippen molar-refractivity contribution in [3.63, 3.8) is 0 Å². The van der Waals surface area contributed by atoms with Crippen LogP contribution in [0.2, 0.25) is 0 Å². The van der Waals surface area contributed by atoms with Crippen molar-refractivity contribution >= 4 is 17.1 Å². The van der Waals surface area contributed by atoms with Crippen molar-refractivity contribution in [3.05, 3.63) is 96.1 Å². The molecule has 30 heavy (non-hydrogen) atoms. The third-order valence-electron chi connectivity index (χ3n) is 7.19. The largest absolute Gasteiger partial charge is 0.508 e. The molecular weight excluding hydrogens is 368 g/mol. The summed E-state index contributed by atoms with van der Waals surface area (Å²) < 4.78 is 0. The van der Waals surface area contributed by atoms with Crippen molar-refractivity contribution in [2.45, 2.75) is 37.3 Å². The molecule has 0 amide bonds. The van der Waals surface area contributed by atoms with E-state index in [0.717, 1.165) is 6.42 Å². The van der Waals surface area contributed by atoms with Gasteiger partial charge in [0.2, 0.25) is 0 Å². The van der Waals surface area contributed by atoms with Crippen LogP contribution in [0.15, 0.2) is 84.9 Å². The van der Waals surface area contributed by atoms with Crippen molar-refractivity contribution in [2.24, 2.45) is 5.92 Å². The molecule has 0 unspecified atom stereocenters. The van der Waals surface area contributed by atoms with Crippen molar-refractivity contribution in [1.29, 1.82) is 0 Å². The number of aromatic hydroxyl groups is 1. The highest BCUT2D eigenvalue weighted by Gasteiger charge is 2.56. The first-order valence-corrected chi connectivity index (χ1v) is 11.0. The molecule has 3 aromatic rings. The van der Waals surface area contributed by atoms with Crippen LogP contribution in [0.4, 0.5) is 11.4 Å². The second kappa shape index (κ2) is 6.66. The zero-order valence-electron chi connectivity index (χ0n) is 17.0. The number of fused-ring (bicyclic) bond motifs is 2. The third-order valence-corrected chi connectivity index (χ3v) is 7.19. The van der Waals surface area contributed by atoms with Crippen LogP contribution in [0, 0.1) is 5.92 Å². The van der Waals surface area contributed by atoms with Crippen LogP contribution in [0.5, 0.6) is 5.75 Å². The number of anilines is 2. The van der Waals surface area contributed by atoms with E-state index in [9.17, 15) is 5.11 Å². The number of hydrogen-bond donors (Lipinski definition) is 2. The number of nitrogens with zero attached hydrogens (tertiary/aromatic N) is 1. The molecule has 2 aliphatic heterocycles. The van der Waals surface area contributed by atoms with Crippen molar-refractivity contribution < 1.29 is 5.11 Å². The standard InChI is InChI=1S/C27H26N2O/c30-21-15-13-19(14-16-21)22-18-26(20-8-2-1-3-9-20)29-25-12-5-4-11-24(25)28-27(29)17-7-6-10-23(22)27/h1-5,8-9,11-16,18,22-23,28,30H,6-7,10,17H2/t22-,23-,27-/m1/s1. The number of para-hydroxylation sites is 2. The molecule has 0 bridgehead atoms. The van der Waals surface area contributed by atoms with Crippen LogP contribution >= 0.6 is 0 Å². The number of allylic oxidation sites excluding steroid dienone is 1. The van der Waals surface area contributed by atoms with Crippen LogP contribution in [0.1, 0.15) is 42.7 Å². The Morgan fingerprint density at radius 2 is 1.63 bits per heavy atom. The monoisotopic (exact) mass is 394 g/mol. The van der Waals surface area contributed by atoms with Gasteiger partial charge in [-0.2, -0.15) is 0 Å². The molecular formula is C27H26N2O. The molecule has 2 heterocycles. The van der Waals surface area contributed by atoms with E-state index in [0.29, 0.717) is 17.6 Å². The zero-order chi connectivity index (χ0) is 20.1. The molecule has 3 heteroatoms. The smallest absolute Gasteiger partial charge is 0.119 e. The summed E-state index contributed by atoms with van der Waals surface area (Å²) in [7, 11) is 0. The van der Waals surface area contributed by atoms with E-state index in [4.69, 9.17) is 0 Å². The van der Waals surface area contributed by atoms with Gasteiger partial charge in [-0.05, 0) is 54.7 Å². The minimum Gasteiger partial charge on any atom is -0.508 e. The van der Waals surface area contributed by atoms with Crippen LogP contribution < -0.4 is 10.2 Å². The predicted molar refractivity (Wildman–Crippen MR) is 122 cm³/mol. The Bertz CT molecular complexity index is 1110. The quantitative estimate of drug-likeness (QED) is 0.532. The van der Waals surface area contributed by atoms with Gasteiger partial charge in [0.05, 0.1) is 11.4 Å². The summed E-state index contributed by atoms with van der Waals surface area (Å²) >= 11 is 0. The molecule has 150 valence electrons. The van der Waals surface area contributed by atoms with E-state index in [2.05, 4.69) is 83.0 Å². The SMILES string of the molecule is Oc1ccc([C@H]2C=C(c3ccccc3)N3c4ccccc4N[C@]34CCCC[C@H]24)cc1. The maximum atomic E-state index is 9.85. The van der Waals surface area contributed by atoms with E-state index in [1.165, 1.54) is 47.5 Å². The fraction of sp³-hybridized carbons (Fsp3) is 0.259. The molecule has 1 saturated carbocycles. The topological polar surface area (TPSA) is 35.5 Å². The van der Waals surface area contributed by atoms with Crippen LogP contribution in [-0.2, 0) is 0 Å². The molecule has 0 radical (unpaired) electrons.